The molecule has 86 valence electrons. The summed E-state index contributed by atoms with van der Waals surface area (Å²) in [6, 6.07) is 4.55. The average molecular weight is 239 g/mol. The molecule has 0 unspecified atom stereocenters. The van der Waals surface area contributed by atoms with Crippen molar-refractivity contribution in [1.82, 2.24) is 5.32 Å². The van der Waals surface area contributed by atoms with Crippen molar-refractivity contribution in [2.75, 3.05) is 13.1 Å². The summed E-state index contributed by atoms with van der Waals surface area (Å²) in [5.74, 6) is 0.0164. The zero-order chi connectivity index (χ0) is 11.8. The van der Waals surface area contributed by atoms with Crippen molar-refractivity contribution in [1.29, 1.82) is 0 Å². The molecule has 1 aromatic rings. The normalized spacial score (nSPS) is 16.9. The highest BCUT2D eigenvalue weighted by molar-refractivity contribution is 7.95. The van der Waals surface area contributed by atoms with Gasteiger partial charge >= 0.3 is 0 Å². The third-order valence-corrected chi connectivity index (χ3v) is 4.04. The summed E-state index contributed by atoms with van der Waals surface area (Å²) in [5.41, 5.74) is 1.05. The predicted octanol–water partition coefficient (Wildman–Crippen LogP) is 1.13. The predicted molar refractivity (Wildman–Crippen MR) is 61.8 cm³/mol. The molecular weight excluding hydrogens is 226 g/mol. The summed E-state index contributed by atoms with van der Waals surface area (Å²) < 4.78 is 23.5. The molecule has 0 saturated heterocycles. The first-order chi connectivity index (χ1) is 7.56. The van der Waals surface area contributed by atoms with Crippen LogP contribution in [0.5, 0.6) is 5.75 Å². The number of nitrogens with one attached hydrogen (secondary N) is 1. The Bertz CT molecular complexity index is 546. The standard InChI is InChI=1S/C11H13NO3S/c1-2-12-6-8-7-16(14,15)10-5-3-4-9(13)11(8)10/h3-5,7,12-13H,2,6H2,1H3. The van der Waals surface area contributed by atoms with E-state index in [-0.39, 0.29) is 10.6 Å². The molecule has 0 fully saturated rings. The first-order valence-electron chi connectivity index (χ1n) is 5.05. The number of likely N-dealkylation sites (N-methyl/N-ethyl adjacent to an activating group) is 1. The number of phenols is 1. The van der Waals surface area contributed by atoms with Crippen molar-refractivity contribution in [3.63, 3.8) is 0 Å². The van der Waals surface area contributed by atoms with Crippen LogP contribution in [-0.2, 0) is 9.84 Å². The van der Waals surface area contributed by atoms with Gasteiger partial charge in [0.05, 0.1) is 4.90 Å². The van der Waals surface area contributed by atoms with Crippen LogP contribution in [0.15, 0.2) is 28.5 Å². The molecule has 1 aliphatic heterocycles. The average Bonchev–Trinajstić information content (AvgIpc) is 2.49. The highest BCUT2D eigenvalue weighted by atomic mass is 32.2. The molecular formula is C11H13NO3S. The first kappa shape index (κ1) is 11.2. The van der Waals surface area contributed by atoms with Gasteiger partial charge in [0.2, 0.25) is 9.84 Å². The number of hydrogen-bond donors (Lipinski definition) is 2. The quantitative estimate of drug-likeness (QED) is 0.829. The van der Waals surface area contributed by atoms with Crippen LogP contribution < -0.4 is 5.32 Å². The molecule has 4 nitrogen and oxygen atoms in total. The third kappa shape index (κ3) is 1.72. The van der Waals surface area contributed by atoms with Crippen LogP contribution >= 0.6 is 0 Å². The van der Waals surface area contributed by atoms with Crippen molar-refractivity contribution in [2.24, 2.45) is 0 Å². The second-order valence-electron chi connectivity index (χ2n) is 3.62. The van der Waals surface area contributed by atoms with Crippen LogP contribution in [0.2, 0.25) is 0 Å². The lowest BCUT2D eigenvalue weighted by molar-refractivity contribution is 0.471. The largest absolute Gasteiger partial charge is 0.507 e. The lowest BCUT2D eigenvalue weighted by Crippen LogP contribution is -2.14. The van der Waals surface area contributed by atoms with Gasteiger partial charge in [0.15, 0.2) is 0 Å². The molecule has 1 heterocycles. The van der Waals surface area contributed by atoms with Gasteiger partial charge in [0, 0.05) is 17.5 Å². The van der Waals surface area contributed by atoms with E-state index in [1.165, 1.54) is 23.6 Å². The van der Waals surface area contributed by atoms with Crippen molar-refractivity contribution < 1.29 is 13.5 Å². The van der Waals surface area contributed by atoms with E-state index in [0.29, 0.717) is 17.7 Å². The Morgan fingerprint density at radius 3 is 2.81 bits per heavy atom. The number of rotatable bonds is 3. The molecule has 1 aromatic carbocycles. The fourth-order valence-electron chi connectivity index (χ4n) is 1.78. The van der Waals surface area contributed by atoms with Gasteiger partial charge in [-0.15, -0.1) is 0 Å². The lowest BCUT2D eigenvalue weighted by Gasteiger charge is -2.06. The molecule has 0 atom stereocenters. The Kier molecular flexibility index (Phi) is 2.73. The van der Waals surface area contributed by atoms with E-state index in [1.807, 2.05) is 6.92 Å². The minimum atomic E-state index is -3.37. The SMILES string of the molecule is CCNCC1=CS(=O)(=O)c2cccc(O)c21. The molecule has 1 aliphatic rings. The van der Waals surface area contributed by atoms with Crippen molar-refractivity contribution in [3.8, 4) is 5.75 Å². The molecule has 0 amide bonds. The highest BCUT2D eigenvalue weighted by Gasteiger charge is 2.28. The van der Waals surface area contributed by atoms with Crippen LogP contribution in [0, 0.1) is 0 Å². The molecule has 5 heteroatoms. The second-order valence-corrected chi connectivity index (χ2v) is 5.38. The minimum Gasteiger partial charge on any atom is -0.507 e. The van der Waals surface area contributed by atoms with Crippen LogP contribution in [0.3, 0.4) is 0 Å². The monoisotopic (exact) mass is 239 g/mol. The number of aromatic hydroxyl groups is 1. The minimum absolute atomic E-state index is 0.0164. The van der Waals surface area contributed by atoms with E-state index in [1.54, 1.807) is 0 Å². The highest BCUT2D eigenvalue weighted by Crippen LogP contribution is 2.38. The van der Waals surface area contributed by atoms with Crippen molar-refractivity contribution >= 4 is 15.4 Å². The summed E-state index contributed by atoms with van der Waals surface area (Å²) in [5, 5.41) is 14.0. The van der Waals surface area contributed by atoms with Crippen LogP contribution in [0.1, 0.15) is 12.5 Å². The third-order valence-electron chi connectivity index (χ3n) is 2.49. The van der Waals surface area contributed by atoms with Gasteiger partial charge in [0.1, 0.15) is 5.75 Å². The Hall–Kier alpha value is -1.33. The zero-order valence-corrected chi connectivity index (χ0v) is 9.71. The van der Waals surface area contributed by atoms with E-state index in [9.17, 15) is 13.5 Å². The zero-order valence-electron chi connectivity index (χ0n) is 8.90. The number of phenolic OH excluding ortho intramolecular Hbond substituents is 1. The maximum atomic E-state index is 11.8. The van der Waals surface area contributed by atoms with Gasteiger partial charge < -0.3 is 10.4 Å². The molecule has 16 heavy (non-hydrogen) atoms. The van der Waals surface area contributed by atoms with Crippen molar-refractivity contribution in [3.05, 3.63) is 29.2 Å². The molecule has 0 aliphatic carbocycles. The first-order valence-corrected chi connectivity index (χ1v) is 6.59. The molecule has 0 spiro atoms. The number of benzene rings is 1. The van der Waals surface area contributed by atoms with Gasteiger partial charge in [-0.05, 0) is 24.3 Å². The second kappa shape index (κ2) is 3.92. The maximum Gasteiger partial charge on any atom is 0.200 e. The van der Waals surface area contributed by atoms with Gasteiger partial charge in [0.25, 0.3) is 0 Å². The molecule has 0 radical (unpaired) electrons. The topological polar surface area (TPSA) is 66.4 Å². The Morgan fingerprint density at radius 1 is 1.38 bits per heavy atom. The molecule has 0 saturated carbocycles. The van der Waals surface area contributed by atoms with Crippen LogP contribution in [0.4, 0.5) is 0 Å². The maximum absolute atomic E-state index is 11.8. The van der Waals surface area contributed by atoms with Crippen LogP contribution in [0.25, 0.3) is 5.57 Å². The van der Waals surface area contributed by atoms with Gasteiger partial charge in [-0.3, -0.25) is 0 Å². The van der Waals surface area contributed by atoms with Crippen LogP contribution in [-0.4, -0.2) is 26.6 Å². The molecule has 0 bridgehead atoms. The fraction of sp³-hybridized carbons (Fsp3) is 0.273. The summed E-state index contributed by atoms with van der Waals surface area (Å²) in [7, 11) is -3.37. The van der Waals surface area contributed by atoms with Gasteiger partial charge in [-0.2, -0.15) is 0 Å². The Labute approximate surface area is 94.5 Å². The van der Waals surface area contributed by atoms with E-state index in [2.05, 4.69) is 5.32 Å². The Balaban J connectivity index is 2.53. The summed E-state index contributed by atoms with van der Waals surface area (Å²) in [4.78, 5) is 0.195. The van der Waals surface area contributed by atoms with E-state index < -0.39 is 9.84 Å². The smallest absolute Gasteiger partial charge is 0.200 e. The van der Waals surface area contributed by atoms with Crippen molar-refractivity contribution in [2.45, 2.75) is 11.8 Å². The summed E-state index contributed by atoms with van der Waals surface area (Å²) in [6.45, 7) is 3.14. The molecule has 2 rings (SSSR count). The fourth-order valence-corrected chi connectivity index (χ4v) is 3.27. The lowest BCUT2D eigenvalue weighted by atomic mass is 10.1. The van der Waals surface area contributed by atoms with E-state index >= 15 is 0 Å². The summed E-state index contributed by atoms with van der Waals surface area (Å²) in [6.07, 6.45) is 0. The molecule has 0 aromatic heterocycles. The van der Waals surface area contributed by atoms with E-state index in [4.69, 9.17) is 0 Å². The number of fused-ring (bicyclic) bond motifs is 1. The molecule has 2 N–H and O–H groups in total. The number of hydrogen-bond acceptors (Lipinski definition) is 4. The van der Waals surface area contributed by atoms with E-state index in [0.717, 1.165) is 6.54 Å². The Morgan fingerprint density at radius 2 is 2.12 bits per heavy atom. The summed E-state index contributed by atoms with van der Waals surface area (Å²) >= 11 is 0. The number of sulfone groups is 1. The van der Waals surface area contributed by atoms with Gasteiger partial charge in [-0.1, -0.05) is 13.0 Å². The van der Waals surface area contributed by atoms with Gasteiger partial charge in [-0.25, -0.2) is 8.42 Å².